The third kappa shape index (κ3) is 1.56. The van der Waals surface area contributed by atoms with E-state index in [9.17, 15) is 20.1 Å². The third-order valence-electron chi connectivity index (χ3n) is 8.95. The van der Waals surface area contributed by atoms with Gasteiger partial charge in [0.25, 0.3) is 0 Å². The van der Waals surface area contributed by atoms with Crippen LogP contribution in [0.3, 0.4) is 0 Å². The predicted octanol–water partition coefficient (Wildman–Crippen LogP) is 0.120. The zero-order valence-electron chi connectivity index (χ0n) is 15.4. The summed E-state index contributed by atoms with van der Waals surface area (Å²) in [6, 6.07) is 0. The maximum absolute atomic E-state index is 13.2. The van der Waals surface area contributed by atoms with Gasteiger partial charge in [-0.1, -0.05) is 13.5 Å². The van der Waals surface area contributed by atoms with Crippen molar-refractivity contribution in [1.29, 1.82) is 0 Å². The van der Waals surface area contributed by atoms with E-state index in [2.05, 4.69) is 13.5 Å². The molecule has 0 radical (unpaired) electrons. The molecule has 6 rings (SSSR count). The van der Waals surface area contributed by atoms with Gasteiger partial charge in [0.15, 0.2) is 6.29 Å². The molecule has 0 aromatic rings. The Labute approximate surface area is 157 Å². The molecule has 3 saturated carbocycles. The van der Waals surface area contributed by atoms with E-state index >= 15 is 0 Å². The molecule has 0 amide bonds. The van der Waals surface area contributed by atoms with Crippen LogP contribution in [0.1, 0.15) is 32.6 Å². The fraction of sp³-hybridized carbons (Fsp3) is 0.850. The minimum atomic E-state index is -1.44. The Balaban J connectivity index is 1.59. The summed E-state index contributed by atoms with van der Waals surface area (Å²) in [6.07, 6.45) is -1.24. The van der Waals surface area contributed by atoms with Crippen LogP contribution in [0.15, 0.2) is 12.2 Å². The average molecular weight is 378 g/mol. The number of fused-ring (bicyclic) bond motifs is 1. The number of aliphatic hydroxyl groups excluding tert-OH is 2. The van der Waals surface area contributed by atoms with Crippen LogP contribution in [0.25, 0.3) is 0 Å². The molecule has 10 atom stereocenters. The monoisotopic (exact) mass is 378 g/mol. The molecule has 3 aliphatic carbocycles. The SMILES string of the molecule is C=C1C(O)C23CC1(O)CC(O)C2C12COC4OCC(C)(CCC1OC3=O)C42. The first-order valence-corrected chi connectivity index (χ1v) is 9.91. The number of rotatable bonds is 0. The molecule has 10 unspecified atom stereocenters. The van der Waals surface area contributed by atoms with Crippen LogP contribution in [0.4, 0.5) is 0 Å². The number of hydrogen-bond donors (Lipinski definition) is 3. The first-order chi connectivity index (χ1) is 12.7. The molecule has 7 heteroatoms. The van der Waals surface area contributed by atoms with Gasteiger partial charge in [0, 0.05) is 23.7 Å². The van der Waals surface area contributed by atoms with Crippen LogP contribution in [0, 0.1) is 28.1 Å². The summed E-state index contributed by atoms with van der Waals surface area (Å²) in [6.45, 7) is 6.97. The highest BCUT2D eigenvalue weighted by Gasteiger charge is 2.82. The second kappa shape index (κ2) is 4.60. The summed E-state index contributed by atoms with van der Waals surface area (Å²) >= 11 is 0. The molecule has 148 valence electrons. The number of carbonyl (C=O) groups is 1. The summed E-state index contributed by atoms with van der Waals surface area (Å²) < 4.78 is 18.0. The summed E-state index contributed by atoms with van der Waals surface area (Å²) in [5, 5.41) is 33.3. The summed E-state index contributed by atoms with van der Waals surface area (Å²) in [5.41, 5.74) is -3.34. The van der Waals surface area contributed by atoms with E-state index in [0.29, 0.717) is 19.6 Å². The molecule has 27 heavy (non-hydrogen) atoms. The van der Waals surface area contributed by atoms with Crippen LogP contribution < -0.4 is 0 Å². The molecule has 6 fully saturated rings. The molecule has 6 aliphatic rings. The molecule has 0 aromatic heterocycles. The van der Waals surface area contributed by atoms with Crippen molar-refractivity contribution in [2.24, 2.45) is 28.1 Å². The summed E-state index contributed by atoms with van der Waals surface area (Å²) in [4.78, 5) is 13.2. The van der Waals surface area contributed by atoms with Crippen molar-refractivity contribution in [3.05, 3.63) is 12.2 Å². The van der Waals surface area contributed by atoms with E-state index in [4.69, 9.17) is 14.2 Å². The lowest BCUT2D eigenvalue weighted by Crippen LogP contribution is -2.71. The van der Waals surface area contributed by atoms with Gasteiger partial charge in [-0.05, 0) is 30.3 Å². The number of aliphatic hydroxyl groups is 3. The minimum absolute atomic E-state index is 0.0133. The highest BCUT2D eigenvalue weighted by atomic mass is 16.7. The maximum Gasteiger partial charge on any atom is 0.315 e. The van der Waals surface area contributed by atoms with Gasteiger partial charge in [0.05, 0.1) is 31.0 Å². The van der Waals surface area contributed by atoms with Crippen LogP contribution in [-0.4, -0.2) is 64.7 Å². The molecule has 2 bridgehead atoms. The van der Waals surface area contributed by atoms with Crippen molar-refractivity contribution in [3.8, 4) is 0 Å². The van der Waals surface area contributed by atoms with Crippen molar-refractivity contribution in [1.82, 2.24) is 0 Å². The Hall–Kier alpha value is -0.990. The van der Waals surface area contributed by atoms with Gasteiger partial charge >= 0.3 is 5.97 Å². The molecule has 3 aliphatic heterocycles. The van der Waals surface area contributed by atoms with E-state index in [1.807, 2.05) is 0 Å². The largest absolute Gasteiger partial charge is 0.461 e. The summed E-state index contributed by atoms with van der Waals surface area (Å²) in [7, 11) is 0. The molecular formula is C20H26O7. The van der Waals surface area contributed by atoms with E-state index in [-0.39, 0.29) is 42.1 Å². The molecular weight excluding hydrogens is 352 g/mol. The lowest BCUT2D eigenvalue weighted by molar-refractivity contribution is -0.265. The van der Waals surface area contributed by atoms with Gasteiger partial charge in [-0.2, -0.15) is 0 Å². The molecule has 2 spiro atoms. The van der Waals surface area contributed by atoms with E-state index in [1.54, 1.807) is 0 Å². The first kappa shape index (κ1) is 16.9. The Morgan fingerprint density at radius 1 is 1.19 bits per heavy atom. The fourth-order valence-electron chi connectivity index (χ4n) is 7.99. The van der Waals surface area contributed by atoms with Gasteiger partial charge < -0.3 is 29.5 Å². The highest BCUT2D eigenvalue weighted by Crippen LogP contribution is 2.73. The lowest BCUT2D eigenvalue weighted by atomic mass is 9.43. The van der Waals surface area contributed by atoms with Gasteiger partial charge in [0.2, 0.25) is 0 Å². The average Bonchev–Trinajstić information content (AvgIpc) is 3.20. The minimum Gasteiger partial charge on any atom is -0.461 e. The Kier molecular flexibility index (Phi) is 2.88. The van der Waals surface area contributed by atoms with Crippen molar-refractivity contribution in [2.75, 3.05) is 13.2 Å². The molecule has 3 N–H and O–H groups in total. The second-order valence-corrected chi connectivity index (χ2v) is 10.1. The normalized spacial score (nSPS) is 63.4. The van der Waals surface area contributed by atoms with E-state index in [0.717, 1.165) is 6.42 Å². The molecule has 0 aromatic carbocycles. The van der Waals surface area contributed by atoms with Crippen molar-refractivity contribution < 1.29 is 34.3 Å². The zero-order chi connectivity index (χ0) is 19.0. The van der Waals surface area contributed by atoms with Crippen LogP contribution >= 0.6 is 0 Å². The van der Waals surface area contributed by atoms with Crippen molar-refractivity contribution in [2.45, 2.75) is 62.8 Å². The molecule has 3 saturated heterocycles. The molecule has 3 heterocycles. The van der Waals surface area contributed by atoms with Gasteiger partial charge in [0.1, 0.15) is 11.5 Å². The Morgan fingerprint density at radius 3 is 2.70 bits per heavy atom. The maximum atomic E-state index is 13.2. The third-order valence-corrected chi connectivity index (χ3v) is 8.95. The Morgan fingerprint density at radius 2 is 1.93 bits per heavy atom. The Bertz CT molecular complexity index is 767. The zero-order valence-corrected chi connectivity index (χ0v) is 15.4. The number of esters is 1. The predicted molar refractivity (Wildman–Crippen MR) is 90.1 cm³/mol. The van der Waals surface area contributed by atoms with Gasteiger partial charge in [-0.3, -0.25) is 4.79 Å². The number of hydrogen-bond acceptors (Lipinski definition) is 7. The van der Waals surface area contributed by atoms with Crippen LogP contribution in [-0.2, 0) is 19.0 Å². The number of ether oxygens (including phenoxy) is 3. The number of carbonyl (C=O) groups excluding carboxylic acids is 1. The standard InChI is InChI=1S/C20H26O7/c1-9-14(22)19-6-18(9,24)5-10(21)12(19)20-8-26-15-13(20)17(2,7-25-15)4-3-11(20)27-16(19)23/h10-15,21-22,24H,1,3-8H2,2H3. The van der Waals surface area contributed by atoms with Crippen molar-refractivity contribution in [3.63, 3.8) is 0 Å². The van der Waals surface area contributed by atoms with E-state index in [1.165, 1.54) is 0 Å². The topological polar surface area (TPSA) is 105 Å². The van der Waals surface area contributed by atoms with Gasteiger partial charge in [-0.25, -0.2) is 0 Å². The van der Waals surface area contributed by atoms with Crippen LogP contribution in [0.2, 0.25) is 0 Å². The lowest BCUT2D eigenvalue weighted by Gasteiger charge is -2.63. The smallest absolute Gasteiger partial charge is 0.315 e. The fourth-order valence-corrected chi connectivity index (χ4v) is 7.99. The summed E-state index contributed by atoms with van der Waals surface area (Å²) in [5.74, 6) is -1.08. The first-order valence-electron chi connectivity index (χ1n) is 9.91. The molecule has 7 nitrogen and oxygen atoms in total. The van der Waals surface area contributed by atoms with Crippen molar-refractivity contribution >= 4 is 5.97 Å². The van der Waals surface area contributed by atoms with Crippen LogP contribution in [0.5, 0.6) is 0 Å². The van der Waals surface area contributed by atoms with Gasteiger partial charge in [-0.15, -0.1) is 0 Å². The second-order valence-electron chi connectivity index (χ2n) is 10.1. The highest BCUT2D eigenvalue weighted by molar-refractivity contribution is 5.82. The van der Waals surface area contributed by atoms with E-state index < -0.39 is 40.5 Å². The quantitative estimate of drug-likeness (QED) is 0.406.